The van der Waals surface area contributed by atoms with Gasteiger partial charge < -0.3 is 24.1 Å². The molecule has 0 aliphatic rings. The molecule has 116 valence electrons. The smallest absolute Gasteiger partial charge is 0.0704 e. The van der Waals surface area contributed by atoms with Gasteiger partial charge in [0.25, 0.3) is 0 Å². The maximum Gasteiger partial charge on any atom is 0.0704 e. The first-order valence-electron chi connectivity index (χ1n) is 7.27. The average Bonchev–Trinajstić information content (AvgIpc) is 2.42. The van der Waals surface area contributed by atoms with Crippen molar-refractivity contribution in [2.75, 3.05) is 52.9 Å². The molecule has 0 heterocycles. The first-order valence-corrected chi connectivity index (χ1v) is 7.27. The molecule has 0 saturated carbocycles. The molecule has 0 rings (SSSR count). The van der Waals surface area contributed by atoms with Crippen LogP contribution in [0.4, 0.5) is 0 Å². The Bertz CT molecular complexity index is 166. The number of aliphatic hydroxyl groups is 1. The summed E-state index contributed by atoms with van der Waals surface area (Å²) in [6, 6.07) is 0. The van der Waals surface area contributed by atoms with Crippen molar-refractivity contribution in [2.45, 2.75) is 39.2 Å². The van der Waals surface area contributed by atoms with Crippen molar-refractivity contribution in [3.63, 3.8) is 0 Å². The summed E-state index contributed by atoms with van der Waals surface area (Å²) in [5.74, 6) is 0. The lowest BCUT2D eigenvalue weighted by Crippen LogP contribution is -2.15. The van der Waals surface area contributed by atoms with Gasteiger partial charge in [-0.05, 0) is 13.3 Å². The Morgan fingerprint density at radius 3 is 1.89 bits per heavy atom. The summed E-state index contributed by atoms with van der Waals surface area (Å²) < 4.78 is 21.3. The summed E-state index contributed by atoms with van der Waals surface area (Å²) in [6.45, 7) is 8.15. The average molecular weight is 278 g/mol. The van der Waals surface area contributed by atoms with Crippen LogP contribution in [0.15, 0.2) is 0 Å². The Labute approximate surface area is 117 Å². The summed E-state index contributed by atoms with van der Waals surface area (Å²) in [4.78, 5) is 0. The van der Waals surface area contributed by atoms with Crippen LogP contribution in [0.2, 0.25) is 0 Å². The Morgan fingerprint density at radius 1 is 0.842 bits per heavy atom. The van der Waals surface area contributed by atoms with Crippen molar-refractivity contribution < 1.29 is 24.1 Å². The highest BCUT2D eigenvalue weighted by Crippen LogP contribution is 2.03. The quantitative estimate of drug-likeness (QED) is 0.461. The molecule has 0 aromatic carbocycles. The largest absolute Gasteiger partial charge is 0.394 e. The second kappa shape index (κ2) is 15.9. The third-order valence-electron chi connectivity index (χ3n) is 2.57. The van der Waals surface area contributed by atoms with Gasteiger partial charge in [-0.1, -0.05) is 19.8 Å². The summed E-state index contributed by atoms with van der Waals surface area (Å²) in [6.07, 6.45) is 3.87. The minimum atomic E-state index is 0.0553. The van der Waals surface area contributed by atoms with Gasteiger partial charge in [-0.2, -0.15) is 0 Å². The van der Waals surface area contributed by atoms with Gasteiger partial charge in [0.1, 0.15) is 0 Å². The zero-order valence-corrected chi connectivity index (χ0v) is 12.4. The van der Waals surface area contributed by atoms with Crippen LogP contribution >= 0.6 is 0 Å². The lowest BCUT2D eigenvalue weighted by atomic mass is 10.2. The van der Waals surface area contributed by atoms with Crippen LogP contribution in [0.25, 0.3) is 0 Å². The normalized spacial score (nSPS) is 12.8. The van der Waals surface area contributed by atoms with E-state index < -0.39 is 0 Å². The fourth-order valence-electron chi connectivity index (χ4n) is 1.49. The molecule has 1 N–H and O–H groups in total. The van der Waals surface area contributed by atoms with E-state index in [1.165, 1.54) is 12.8 Å². The lowest BCUT2D eigenvalue weighted by Gasteiger charge is -2.12. The van der Waals surface area contributed by atoms with Crippen LogP contribution < -0.4 is 0 Å². The fraction of sp³-hybridized carbons (Fsp3) is 1.00. The third-order valence-corrected chi connectivity index (χ3v) is 2.57. The molecule has 0 aromatic heterocycles. The van der Waals surface area contributed by atoms with Gasteiger partial charge in [-0.3, -0.25) is 0 Å². The summed E-state index contributed by atoms with van der Waals surface area (Å²) in [5, 5.41) is 8.48. The van der Waals surface area contributed by atoms with E-state index in [0.29, 0.717) is 52.4 Å². The molecular formula is C14H30O5. The van der Waals surface area contributed by atoms with E-state index in [0.717, 1.165) is 6.42 Å². The standard InChI is InChI=1S/C14H30O5/c1-3-4-5-14(2)19-13-12-18-11-10-17-9-8-16-7-6-15/h14-15H,3-13H2,1-2H3. The van der Waals surface area contributed by atoms with Gasteiger partial charge in [-0.15, -0.1) is 0 Å². The van der Waals surface area contributed by atoms with Gasteiger partial charge in [0.05, 0.1) is 59.0 Å². The zero-order valence-electron chi connectivity index (χ0n) is 12.4. The Hall–Kier alpha value is -0.200. The van der Waals surface area contributed by atoms with Gasteiger partial charge in [-0.25, -0.2) is 0 Å². The zero-order chi connectivity index (χ0) is 14.2. The molecule has 0 saturated heterocycles. The molecule has 0 amide bonds. The van der Waals surface area contributed by atoms with Crippen LogP contribution in [0, 0.1) is 0 Å². The predicted octanol–water partition coefficient (Wildman–Crippen LogP) is 1.62. The monoisotopic (exact) mass is 278 g/mol. The molecule has 0 aliphatic heterocycles. The van der Waals surface area contributed by atoms with Crippen LogP contribution in [0.3, 0.4) is 0 Å². The van der Waals surface area contributed by atoms with Gasteiger partial charge in [0, 0.05) is 0 Å². The van der Waals surface area contributed by atoms with Gasteiger partial charge in [0.2, 0.25) is 0 Å². The molecule has 5 heteroatoms. The maximum atomic E-state index is 8.48. The number of unbranched alkanes of at least 4 members (excludes halogenated alkanes) is 1. The molecule has 19 heavy (non-hydrogen) atoms. The van der Waals surface area contributed by atoms with Crippen molar-refractivity contribution in [3.05, 3.63) is 0 Å². The predicted molar refractivity (Wildman–Crippen MR) is 74.5 cm³/mol. The number of hydrogen-bond donors (Lipinski definition) is 1. The lowest BCUT2D eigenvalue weighted by molar-refractivity contribution is -0.0185. The first kappa shape index (κ1) is 18.8. The van der Waals surface area contributed by atoms with Crippen molar-refractivity contribution in [1.29, 1.82) is 0 Å². The summed E-state index contributed by atoms with van der Waals surface area (Å²) >= 11 is 0. The van der Waals surface area contributed by atoms with Crippen LogP contribution in [0.1, 0.15) is 33.1 Å². The minimum Gasteiger partial charge on any atom is -0.394 e. The Morgan fingerprint density at radius 2 is 1.37 bits per heavy atom. The second-order valence-corrected chi connectivity index (χ2v) is 4.38. The molecule has 0 fully saturated rings. The van der Waals surface area contributed by atoms with Crippen LogP contribution in [0.5, 0.6) is 0 Å². The molecule has 0 spiro atoms. The van der Waals surface area contributed by atoms with Crippen LogP contribution in [-0.2, 0) is 18.9 Å². The van der Waals surface area contributed by atoms with Crippen molar-refractivity contribution in [2.24, 2.45) is 0 Å². The maximum absolute atomic E-state index is 8.48. The molecule has 0 aliphatic carbocycles. The van der Waals surface area contributed by atoms with E-state index >= 15 is 0 Å². The van der Waals surface area contributed by atoms with E-state index in [1.807, 2.05) is 0 Å². The molecule has 0 aromatic rings. The van der Waals surface area contributed by atoms with Crippen LogP contribution in [-0.4, -0.2) is 64.1 Å². The van der Waals surface area contributed by atoms with E-state index in [4.69, 9.17) is 24.1 Å². The number of aliphatic hydroxyl groups excluding tert-OH is 1. The molecule has 0 radical (unpaired) electrons. The molecule has 1 atom stereocenters. The third kappa shape index (κ3) is 15.7. The topological polar surface area (TPSA) is 57.2 Å². The molecule has 5 nitrogen and oxygen atoms in total. The molecular weight excluding hydrogens is 248 g/mol. The highest BCUT2D eigenvalue weighted by Gasteiger charge is 2.00. The Balaban J connectivity index is 3.02. The van der Waals surface area contributed by atoms with Crippen molar-refractivity contribution >= 4 is 0 Å². The van der Waals surface area contributed by atoms with E-state index in [-0.39, 0.29) is 6.61 Å². The van der Waals surface area contributed by atoms with E-state index in [2.05, 4.69) is 13.8 Å². The second-order valence-electron chi connectivity index (χ2n) is 4.38. The fourth-order valence-corrected chi connectivity index (χ4v) is 1.49. The molecule has 0 bridgehead atoms. The van der Waals surface area contributed by atoms with E-state index in [1.54, 1.807) is 0 Å². The highest BCUT2D eigenvalue weighted by molar-refractivity contribution is 4.49. The molecule has 1 unspecified atom stereocenters. The first-order chi connectivity index (χ1) is 9.31. The van der Waals surface area contributed by atoms with Gasteiger partial charge in [0.15, 0.2) is 0 Å². The van der Waals surface area contributed by atoms with Gasteiger partial charge >= 0.3 is 0 Å². The van der Waals surface area contributed by atoms with Crippen molar-refractivity contribution in [3.8, 4) is 0 Å². The number of ether oxygens (including phenoxy) is 4. The number of rotatable bonds is 15. The number of hydrogen-bond acceptors (Lipinski definition) is 5. The van der Waals surface area contributed by atoms with Crippen molar-refractivity contribution in [1.82, 2.24) is 0 Å². The highest BCUT2D eigenvalue weighted by atomic mass is 16.6. The van der Waals surface area contributed by atoms with E-state index in [9.17, 15) is 0 Å². The summed E-state index contributed by atoms with van der Waals surface area (Å²) in [7, 11) is 0. The summed E-state index contributed by atoms with van der Waals surface area (Å²) in [5.41, 5.74) is 0. The Kier molecular flexibility index (Phi) is 15.7. The minimum absolute atomic E-state index is 0.0553. The SMILES string of the molecule is CCCCC(C)OCCOCCOCCOCCO.